The summed E-state index contributed by atoms with van der Waals surface area (Å²) in [6.45, 7) is 14.6. The maximum atomic E-state index is 6.08. The van der Waals surface area contributed by atoms with Crippen molar-refractivity contribution in [1.29, 1.82) is 0 Å². The van der Waals surface area contributed by atoms with E-state index in [4.69, 9.17) is 10.5 Å². The fourth-order valence-corrected chi connectivity index (χ4v) is 2.04. The molecule has 2 atom stereocenters. The molecule has 0 aliphatic carbocycles. The number of allylic oxidation sites excluding steroid dienone is 1. The van der Waals surface area contributed by atoms with Crippen molar-refractivity contribution >= 4 is 0 Å². The fourth-order valence-electron chi connectivity index (χ4n) is 2.04. The van der Waals surface area contributed by atoms with Gasteiger partial charge in [0, 0.05) is 12.0 Å². The Hall–Kier alpha value is -1.54. The zero-order chi connectivity index (χ0) is 13.7. The molecule has 1 aromatic carbocycles. The summed E-state index contributed by atoms with van der Waals surface area (Å²) in [5.41, 5.74) is 9.33. The van der Waals surface area contributed by atoms with Crippen LogP contribution in [-0.2, 0) is 4.74 Å². The van der Waals surface area contributed by atoms with Crippen molar-refractivity contribution in [2.24, 2.45) is 5.73 Å². The van der Waals surface area contributed by atoms with E-state index in [0.29, 0.717) is 12.4 Å². The third-order valence-corrected chi connectivity index (χ3v) is 3.01. The average Bonchev–Trinajstić information content (AvgIpc) is 2.31. The summed E-state index contributed by atoms with van der Waals surface area (Å²) in [4.78, 5) is 0. The molecule has 0 saturated heterocycles. The summed E-state index contributed by atoms with van der Waals surface area (Å²) in [6, 6.07) is 8.32. The van der Waals surface area contributed by atoms with Gasteiger partial charge in [0.1, 0.15) is 5.76 Å². The molecule has 0 amide bonds. The van der Waals surface area contributed by atoms with Crippen molar-refractivity contribution < 1.29 is 4.74 Å². The molecule has 0 spiro atoms. The molecule has 0 aliphatic heterocycles. The van der Waals surface area contributed by atoms with Crippen molar-refractivity contribution in [2.75, 3.05) is 6.61 Å². The highest BCUT2D eigenvalue weighted by atomic mass is 16.5. The Morgan fingerprint density at radius 3 is 2.28 bits per heavy atom. The normalized spacial score (nSPS) is 13.8. The topological polar surface area (TPSA) is 35.2 Å². The molecule has 1 rings (SSSR count). The lowest BCUT2D eigenvalue weighted by Crippen LogP contribution is -2.27. The van der Waals surface area contributed by atoms with E-state index in [2.05, 4.69) is 44.3 Å². The van der Waals surface area contributed by atoms with Gasteiger partial charge in [0.25, 0.3) is 0 Å². The zero-order valence-corrected chi connectivity index (χ0v) is 11.6. The van der Waals surface area contributed by atoms with Gasteiger partial charge in [0.2, 0.25) is 0 Å². The number of nitrogens with two attached hydrogens (primary N) is 1. The highest BCUT2D eigenvalue weighted by Gasteiger charge is 2.21. The lowest BCUT2D eigenvalue weighted by molar-refractivity contribution is 0.235. The Bertz CT molecular complexity index is 417. The highest BCUT2D eigenvalue weighted by Crippen LogP contribution is 2.30. The second-order valence-corrected chi connectivity index (χ2v) is 4.63. The van der Waals surface area contributed by atoms with Gasteiger partial charge in [-0.05, 0) is 31.9 Å². The van der Waals surface area contributed by atoms with Gasteiger partial charge in [-0.3, -0.25) is 0 Å². The molecule has 2 unspecified atom stereocenters. The van der Waals surface area contributed by atoms with Crippen LogP contribution < -0.4 is 5.73 Å². The van der Waals surface area contributed by atoms with Crippen LogP contribution in [0.2, 0.25) is 0 Å². The monoisotopic (exact) mass is 245 g/mol. The number of benzene rings is 1. The number of hydrogen-bond acceptors (Lipinski definition) is 2. The smallest absolute Gasteiger partial charge is 0.115 e. The summed E-state index contributed by atoms with van der Waals surface area (Å²) in [5, 5.41) is 0. The Morgan fingerprint density at radius 1 is 1.28 bits per heavy atom. The average molecular weight is 245 g/mol. The van der Waals surface area contributed by atoms with Crippen LogP contribution >= 0.6 is 0 Å². The van der Waals surface area contributed by atoms with E-state index in [9.17, 15) is 0 Å². The summed E-state index contributed by atoms with van der Waals surface area (Å²) in [7, 11) is 0. The standard InChI is InChI=1S/C16H23NO/c1-6-18-14(5)12(3)16(13(4)17)15-9-7-11(2)8-10-15/h7-10,13,16H,3,5-6,17H2,1-2,4H3. The third-order valence-electron chi connectivity index (χ3n) is 3.01. The molecule has 0 radical (unpaired) electrons. The van der Waals surface area contributed by atoms with E-state index < -0.39 is 0 Å². The zero-order valence-electron chi connectivity index (χ0n) is 11.6. The first-order chi connectivity index (χ1) is 8.47. The van der Waals surface area contributed by atoms with Crippen LogP contribution in [0, 0.1) is 6.92 Å². The first-order valence-corrected chi connectivity index (χ1v) is 6.30. The van der Waals surface area contributed by atoms with Gasteiger partial charge in [0.05, 0.1) is 6.61 Å². The van der Waals surface area contributed by atoms with Crippen LogP contribution in [0.15, 0.2) is 48.8 Å². The Balaban J connectivity index is 2.99. The molecule has 0 bridgehead atoms. The predicted octanol–water partition coefficient (Wildman–Crippen LogP) is 3.53. The summed E-state index contributed by atoms with van der Waals surface area (Å²) in [5.74, 6) is 0.671. The SMILES string of the molecule is C=C(OCC)C(=C)C(c1ccc(C)cc1)C(C)N. The van der Waals surface area contributed by atoms with Crippen LogP contribution in [0.3, 0.4) is 0 Å². The van der Waals surface area contributed by atoms with Crippen LogP contribution in [0.4, 0.5) is 0 Å². The molecule has 1 aromatic rings. The van der Waals surface area contributed by atoms with Crippen molar-refractivity contribution in [3.8, 4) is 0 Å². The molecule has 2 nitrogen and oxygen atoms in total. The largest absolute Gasteiger partial charge is 0.494 e. The molecule has 2 heteroatoms. The molecule has 2 N–H and O–H groups in total. The Morgan fingerprint density at radius 2 is 1.83 bits per heavy atom. The van der Waals surface area contributed by atoms with E-state index in [0.717, 1.165) is 11.1 Å². The van der Waals surface area contributed by atoms with Gasteiger partial charge >= 0.3 is 0 Å². The van der Waals surface area contributed by atoms with Crippen LogP contribution in [-0.4, -0.2) is 12.6 Å². The third kappa shape index (κ3) is 3.47. The number of ether oxygens (including phenoxy) is 1. The van der Waals surface area contributed by atoms with E-state index in [-0.39, 0.29) is 12.0 Å². The first kappa shape index (κ1) is 14.5. The van der Waals surface area contributed by atoms with Gasteiger partial charge in [-0.1, -0.05) is 43.0 Å². The number of hydrogen-bond donors (Lipinski definition) is 1. The number of aryl methyl sites for hydroxylation is 1. The summed E-state index contributed by atoms with van der Waals surface area (Å²) < 4.78 is 5.43. The van der Waals surface area contributed by atoms with E-state index in [1.807, 2.05) is 13.8 Å². The van der Waals surface area contributed by atoms with Crippen LogP contribution in [0.5, 0.6) is 0 Å². The highest BCUT2D eigenvalue weighted by molar-refractivity contribution is 5.38. The summed E-state index contributed by atoms with van der Waals surface area (Å²) in [6.07, 6.45) is 0. The quantitative estimate of drug-likeness (QED) is 0.614. The lowest BCUT2D eigenvalue weighted by Gasteiger charge is -2.25. The van der Waals surface area contributed by atoms with Crippen LogP contribution in [0.25, 0.3) is 0 Å². The first-order valence-electron chi connectivity index (χ1n) is 6.30. The molecule has 0 aromatic heterocycles. The maximum Gasteiger partial charge on any atom is 0.115 e. The van der Waals surface area contributed by atoms with Gasteiger partial charge in [-0.25, -0.2) is 0 Å². The summed E-state index contributed by atoms with van der Waals surface area (Å²) >= 11 is 0. The minimum Gasteiger partial charge on any atom is -0.494 e. The molecule has 0 heterocycles. The second kappa shape index (κ2) is 6.41. The van der Waals surface area contributed by atoms with Crippen LogP contribution in [0.1, 0.15) is 30.9 Å². The molecule has 18 heavy (non-hydrogen) atoms. The minimum absolute atomic E-state index is 0.0302. The van der Waals surface area contributed by atoms with Crippen molar-refractivity contribution in [3.05, 3.63) is 59.9 Å². The Labute approximate surface area is 110 Å². The molecular formula is C16H23NO. The Kier molecular flexibility index (Phi) is 5.17. The van der Waals surface area contributed by atoms with Crippen molar-refractivity contribution in [1.82, 2.24) is 0 Å². The van der Waals surface area contributed by atoms with Gasteiger partial charge in [-0.2, -0.15) is 0 Å². The molecule has 98 valence electrons. The lowest BCUT2D eigenvalue weighted by atomic mass is 9.85. The fraction of sp³-hybridized carbons (Fsp3) is 0.375. The van der Waals surface area contributed by atoms with Gasteiger partial charge in [0.15, 0.2) is 0 Å². The second-order valence-electron chi connectivity index (χ2n) is 4.63. The number of rotatable bonds is 6. The van der Waals surface area contributed by atoms with E-state index in [1.54, 1.807) is 0 Å². The van der Waals surface area contributed by atoms with Gasteiger partial charge in [-0.15, -0.1) is 0 Å². The molecular weight excluding hydrogens is 222 g/mol. The maximum absolute atomic E-state index is 6.08. The van der Waals surface area contributed by atoms with Gasteiger partial charge < -0.3 is 10.5 Å². The molecule has 0 saturated carbocycles. The van der Waals surface area contributed by atoms with Crippen molar-refractivity contribution in [2.45, 2.75) is 32.7 Å². The molecule has 0 fully saturated rings. The minimum atomic E-state index is -0.0302. The van der Waals surface area contributed by atoms with Crippen molar-refractivity contribution in [3.63, 3.8) is 0 Å². The molecule has 0 aliphatic rings. The van der Waals surface area contributed by atoms with E-state index in [1.165, 1.54) is 5.56 Å². The predicted molar refractivity (Wildman–Crippen MR) is 77.5 cm³/mol. The van der Waals surface area contributed by atoms with E-state index >= 15 is 0 Å².